The van der Waals surface area contributed by atoms with Crippen molar-refractivity contribution in [2.75, 3.05) is 0 Å². The van der Waals surface area contributed by atoms with Crippen LogP contribution in [0.4, 0.5) is 0 Å². The summed E-state index contributed by atoms with van der Waals surface area (Å²) < 4.78 is 0. The molecule has 0 fully saturated rings. The molecule has 0 heterocycles. The maximum Gasteiger partial charge on any atom is -0.0320 e. The lowest BCUT2D eigenvalue weighted by molar-refractivity contribution is 0.124. The van der Waals surface area contributed by atoms with E-state index in [1.807, 2.05) is 0 Å². The van der Waals surface area contributed by atoms with Gasteiger partial charge >= 0.3 is 0 Å². The minimum absolute atomic E-state index is 0.193. The van der Waals surface area contributed by atoms with Crippen molar-refractivity contribution in [3.63, 3.8) is 0 Å². The second kappa shape index (κ2) is 9.93. The summed E-state index contributed by atoms with van der Waals surface area (Å²) in [5, 5.41) is 0. The molecule has 1 aromatic carbocycles. The van der Waals surface area contributed by atoms with E-state index in [0.29, 0.717) is 16.7 Å². The molecule has 0 aliphatic carbocycles. The highest BCUT2D eigenvalue weighted by Crippen LogP contribution is 2.41. The predicted octanol–water partition coefficient (Wildman–Crippen LogP) is 9.86. The maximum absolute atomic E-state index is 2.48. The summed E-state index contributed by atoms with van der Waals surface area (Å²) in [5.41, 5.74) is 5.62. The zero-order chi connectivity index (χ0) is 24.4. The van der Waals surface area contributed by atoms with E-state index in [0.717, 1.165) is 18.3 Å². The minimum Gasteiger partial charge on any atom is -0.206 e. The van der Waals surface area contributed by atoms with E-state index >= 15 is 0 Å². The summed E-state index contributed by atoms with van der Waals surface area (Å²) >= 11 is 0. The molecule has 0 amide bonds. The van der Waals surface area contributed by atoms with Gasteiger partial charge in [0.05, 0.1) is 0 Å². The second-order valence-electron chi connectivity index (χ2n) is 14.5. The van der Waals surface area contributed by atoms with Crippen molar-refractivity contribution in [2.24, 2.45) is 28.6 Å². The van der Waals surface area contributed by atoms with E-state index in [-0.39, 0.29) is 10.8 Å². The second-order valence-corrected chi connectivity index (χ2v) is 14.5. The number of rotatable bonds is 7. The van der Waals surface area contributed by atoms with E-state index < -0.39 is 0 Å². The Morgan fingerprint density at radius 3 is 1.74 bits per heavy atom. The van der Waals surface area contributed by atoms with Gasteiger partial charge in [0.2, 0.25) is 0 Å². The fraction of sp³-hybridized carbons (Fsp3) is 0.774. The van der Waals surface area contributed by atoms with Crippen molar-refractivity contribution in [2.45, 2.75) is 127 Å². The molecule has 0 N–H and O–H groups in total. The summed E-state index contributed by atoms with van der Waals surface area (Å²) in [6.07, 6.45) is 8.48. The minimum atomic E-state index is 0.193. The molecule has 0 bridgehead atoms. The fourth-order valence-corrected chi connectivity index (χ4v) is 4.36. The molecule has 0 saturated heterocycles. The Morgan fingerprint density at radius 1 is 0.774 bits per heavy atom. The molecular weight excluding hydrogens is 372 g/mol. The van der Waals surface area contributed by atoms with Gasteiger partial charge in [0, 0.05) is 0 Å². The first kappa shape index (κ1) is 28.1. The van der Waals surface area contributed by atoms with Crippen LogP contribution in [-0.2, 0) is 17.3 Å². The average Bonchev–Trinajstić information content (AvgIpc) is 2.99. The molecule has 0 saturated carbocycles. The van der Waals surface area contributed by atoms with Gasteiger partial charge in [0.1, 0.15) is 0 Å². The predicted molar refractivity (Wildman–Crippen MR) is 142 cm³/mol. The molecule has 0 aliphatic heterocycles. The standard InChI is InChI=1S/C31H55/c1-22(28(3,4)5)19-24(23(2)29(6,7)8)17-15-16-18-25-20-26(30(9,10)11)21-27(25)31(12,13)14/h15-16,20-24H,17-19H2,1-14H3/q-1/b16-15-/t22-,23+,24-/m0/s1. The topological polar surface area (TPSA) is 0 Å². The molecular formula is C31H55-. The van der Waals surface area contributed by atoms with Crippen LogP contribution in [-0.4, -0.2) is 0 Å². The summed E-state index contributed by atoms with van der Waals surface area (Å²) in [6, 6.07) is 4.92. The zero-order valence-electron chi connectivity index (χ0n) is 23.7. The molecule has 180 valence electrons. The summed E-state index contributed by atoms with van der Waals surface area (Å²) in [7, 11) is 0. The van der Waals surface area contributed by atoms with Gasteiger partial charge in [-0.1, -0.05) is 116 Å². The van der Waals surface area contributed by atoms with E-state index in [9.17, 15) is 0 Å². The van der Waals surface area contributed by atoms with Crippen LogP contribution < -0.4 is 0 Å². The van der Waals surface area contributed by atoms with Crippen LogP contribution in [0.1, 0.15) is 126 Å². The Labute approximate surface area is 196 Å². The first-order valence-corrected chi connectivity index (χ1v) is 12.7. The molecule has 0 unspecified atom stereocenters. The van der Waals surface area contributed by atoms with Crippen molar-refractivity contribution in [1.29, 1.82) is 0 Å². The van der Waals surface area contributed by atoms with Gasteiger partial charge < -0.3 is 0 Å². The summed E-state index contributed by atoms with van der Waals surface area (Å²) in [6.45, 7) is 33.3. The molecule has 1 aromatic rings. The van der Waals surface area contributed by atoms with Gasteiger partial charge in [-0.25, -0.2) is 6.07 Å². The Balaban J connectivity index is 3.02. The zero-order valence-corrected chi connectivity index (χ0v) is 23.7. The van der Waals surface area contributed by atoms with Crippen LogP contribution in [0.25, 0.3) is 0 Å². The van der Waals surface area contributed by atoms with Gasteiger partial charge in [-0.2, -0.15) is 22.8 Å². The van der Waals surface area contributed by atoms with Crippen molar-refractivity contribution >= 4 is 0 Å². The van der Waals surface area contributed by atoms with Crippen LogP contribution in [0.3, 0.4) is 0 Å². The van der Waals surface area contributed by atoms with Gasteiger partial charge in [0.15, 0.2) is 0 Å². The maximum atomic E-state index is 2.48. The summed E-state index contributed by atoms with van der Waals surface area (Å²) in [4.78, 5) is 0. The van der Waals surface area contributed by atoms with Crippen LogP contribution in [0.5, 0.6) is 0 Å². The van der Waals surface area contributed by atoms with Gasteiger partial charge in [0.25, 0.3) is 0 Å². The lowest BCUT2D eigenvalue weighted by Crippen LogP contribution is -2.29. The Bertz CT molecular complexity index is 697. The molecule has 0 aromatic heterocycles. The van der Waals surface area contributed by atoms with E-state index in [1.54, 1.807) is 0 Å². The molecule has 3 atom stereocenters. The van der Waals surface area contributed by atoms with Crippen molar-refractivity contribution in [3.05, 3.63) is 41.0 Å². The lowest BCUT2D eigenvalue weighted by Gasteiger charge is -2.38. The molecule has 0 aliphatic rings. The third-order valence-electron chi connectivity index (χ3n) is 7.80. The van der Waals surface area contributed by atoms with E-state index in [4.69, 9.17) is 0 Å². The van der Waals surface area contributed by atoms with Crippen LogP contribution >= 0.6 is 0 Å². The summed E-state index contributed by atoms with van der Waals surface area (Å²) in [5.74, 6) is 2.17. The van der Waals surface area contributed by atoms with Crippen LogP contribution in [0.2, 0.25) is 0 Å². The third-order valence-corrected chi connectivity index (χ3v) is 7.80. The highest BCUT2D eigenvalue weighted by molar-refractivity contribution is 5.43. The largest absolute Gasteiger partial charge is 0.206 e. The lowest BCUT2D eigenvalue weighted by atomic mass is 9.67. The third kappa shape index (κ3) is 8.51. The fourth-order valence-electron chi connectivity index (χ4n) is 4.36. The van der Waals surface area contributed by atoms with Crippen LogP contribution in [0, 0.1) is 28.6 Å². The SMILES string of the molecule is C[C@H]([C@@H](C/C=C\Cc1cc(C(C)(C)C)[cH-]c1C(C)(C)C)C[C@H](C)C(C)(C)C)C(C)(C)C. The Morgan fingerprint density at radius 2 is 1.32 bits per heavy atom. The van der Waals surface area contributed by atoms with Gasteiger partial charge in [-0.05, 0) is 52.3 Å². The molecule has 31 heavy (non-hydrogen) atoms. The van der Waals surface area contributed by atoms with E-state index in [1.165, 1.54) is 29.5 Å². The first-order chi connectivity index (χ1) is 13.7. The number of hydrogen-bond donors (Lipinski definition) is 0. The molecule has 0 heteroatoms. The first-order valence-electron chi connectivity index (χ1n) is 12.7. The smallest absolute Gasteiger partial charge is 0.0320 e. The van der Waals surface area contributed by atoms with Gasteiger partial charge in [-0.15, -0.1) is 0 Å². The number of allylic oxidation sites excluding steroid dienone is 2. The normalized spacial score (nSPS) is 17.2. The van der Waals surface area contributed by atoms with Gasteiger partial charge in [-0.3, -0.25) is 0 Å². The van der Waals surface area contributed by atoms with E-state index in [2.05, 4.69) is 121 Å². The Hall–Kier alpha value is -0.910. The van der Waals surface area contributed by atoms with Crippen molar-refractivity contribution in [1.82, 2.24) is 0 Å². The van der Waals surface area contributed by atoms with Crippen LogP contribution in [0.15, 0.2) is 24.3 Å². The highest BCUT2D eigenvalue weighted by Gasteiger charge is 2.31. The van der Waals surface area contributed by atoms with Crippen molar-refractivity contribution in [3.8, 4) is 0 Å². The monoisotopic (exact) mass is 427 g/mol. The quantitative estimate of drug-likeness (QED) is 0.300. The molecule has 0 spiro atoms. The highest BCUT2D eigenvalue weighted by atomic mass is 14.4. The molecule has 0 radical (unpaired) electrons. The Kier molecular flexibility index (Phi) is 9.00. The molecule has 1 rings (SSSR count). The van der Waals surface area contributed by atoms with Crippen molar-refractivity contribution < 1.29 is 0 Å². The number of hydrogen-bond acceptors (Lipinski definition) is 0. The average molecular weight is 428 g/mol. The molecule has 0 nitrogen and oxygen atoms in total.